The number of benzene rings is 1. The topological polar surface area (TPSA) is 64.3 Å². The summed E-state index contributed by atoms with van der Waals surface area (Å²) in [6.45, 7) is 6.84. The Hall–Kier alpha value is -2.37. The largest absolute Gasteiger partial charge is 0.331 e. The molecule has 1 saturated carbocycles. The van der Waals surface area contributed by atoms with Gasteiger partial charge < -0.3 is 4.90 Å². The van der Waals surface area contributed by atoms with Gasteiger partial charge in [-0.25, -0.2) is 4.79 Å². The van der Waals surface area contributed by atoms with Gasteiger partial charge in [-0.2, -0.15) is 0 Å². The Bertz CT molecular complexity index is 967. The van der Waals surface area contributed by atoms with Crippen LogP contribution in [0, 0.1) is 5.92 Å². The quantitative estimate of drug-likeness (QED) is 0.764. The molecule has 1 aromatic heterocycles. The molecule has 3 rings (SSSR count). The maximum Gasteiger partial charge on any atom is 0.331 e. The van der Waals surface area contributed by atoms with Crippen LogP contribution < -0.4 is 16.1 Å². The molecule has 6 heteroatoms. The SMILES string of the molecule is CCN(C(C)=O)c1ccc2c(c1)c(=O)n(CCC1CCCCC1)c(=O)n2CC. The van der Waals surface area contributed by atoms with Gasteiger partial charge in [0.2, 0.25) is 5.91 Å². The molecule has 1 heterocycles. The summed E-state index contributed by atoms with van der Waals surface area (Å²) in [5.41, 5.74) is 0.846. The van der Waals surface area contributed by atoms with E-state index in [0.29, 0.717) is 42.1 Å². The number of aryl methyl sites for hydroxylation is 1. The van der Waals surface area contributed by atoms with Gasteiger partial charge in [-0.1, -0.05) is 32.1 Å². The number of aromatic nitrogens is 2. The molecule has 1 fully saturated rings. The number of fused-ring (bicyclic) bond motifs is 1. The van der Waals surface area contributed by atoms with E-state index in [4.69, 9.17) is 0 Å². The van der Waals surface area contributed by atoms with E-state index in [0.717, 1.165) is 6.42 Å². The second kappa shape index (κ2) is 8.76. The van der Waals surface area contributed by atoms with Crippen molar-refractivity contribution in [3.05, 3.63) is 39.0 Å². The number of nitrogens with zero attached hydrogens (tertiary/aromatic N) is 3. The van der Waals surface area contributed by atoms with Gasteiger partial charge in [0.1, 0.15) is 0 Å². The molecule has 152 valence electrons. The lowest BCUT2D eigenvalue weighted by molar-refractivity contribution is -0.116. The van der Waals surface area contributed by atoms with Crippen molar-refractivity contribution in [2.75, 3.05) is 11.4 Å². The Morgan fingerprint density at radius 2 is 1.82 bits per heavy atom. The molecule has 6 nitrogen and oxygen atoms in total. The zero-order valence-electron chi connectivity index (χ0n) is 17.2. The number of hydrogen-bond donors (Lipinski definition) is 0. The first-order valence-corrected chi connectivity index (χ1v) is 10.5. The minimum atomic E-state index is -0.248. The fourth-order valence-corrected chi connectivity index (χ4v) is 4.46. The molecular formula is C22H31N3O3. The second-order valence-corrected chi connectivity index (χ2v) is 7.74. The zero-order valence-corrected chi connectivity index (χ0v) is 17.2. The highest BCUT2D eigenvalue weighted by molar-refractivity contribution is 5.94. The summed E-state index contributed by atoms with van der Waals surface area (Å²) in [5.74, 6) is 0.536. The molecule has 0 aliphatic heterocycles. The van der Waals surface area contributed by atoms with Crippen molar-refractivity contribution in [2.24, 2.45) is 5.92 Å². The van der Waals surface area contributed by atoms with Gasteiger partial charge in [0.25, 0.3) is 5.56 Å². The van der Waals surface area contributed by atoms with Crippen LogP contribution in [0.1, 0.15) is 59.3 Å². The Morgan fingerprint density at radius 3 is 2.43 bits per heavy atom. The van der Waals surface area contributed by atoms with E-state index in [-0.39, 0.29) is 17.2 Å². The Kier molecular flexibility index (Phi) is 6.37. The van der Waals surface area contributed by atoms with Gasteiger partial charge in [-0.05, 0) is 44.4 Å². The number of rotatable bonds is 6. The van der Waals surface area contributed by atoms with E-state index in [1.165, 1.54) is 43.6 Å². The number of carbonyl (C=O) groups is 1. The highest BCUT2D eigenvalue weighted by atomic mass is 16.2. The first-order chi connectivity index (χ1) is 13.5. The molecule has 0 saturated heterocycles. The number of hydrogen-bond acceptors (Lipinski definition) is 3. The molecule has 0 N–H and O–H groups in total. The molecule has 0 radical (unpaired) electrons. The van der Waals surface area contributed by atoms with Crippen LogP contribution >= 0.6 is 0 Å². The average Bonchev–Trinajstić information content (AvgIpc) is 2.69. The monoisotopic (exact) mass is 385 g/mol. The highest BCUT2D eigenvalue weighted by Crippen LogP contribution is 2.26. The molecule has 0 atom stereocenters. The first-order valence-electron chi connectivity index (χ1n) is 10.5. The van der Waals surface area contributed by atoms with Gasteiger partial charge in [-0.3, -0.25) is 18.7 Å². The fourth-order valence-electron chi connectivity index (χ4n) is 4.46. The third-order valence-electron chi connectivity index (χ3n) is 6.02. The van der Waals surface area contributed by atoms with Gasteiger partial charge in [0.15, 0.2) is 0 Å². The predicted octanol–water partition coefficient (Wildman–Crippen LogP) is 3.53. The molecule has 1 amide bonds. The molecule has 1 aliphatic carbocycles. The molecular weight excluding hydrogens is 354 g/mol. The predicted molar refractivity (Wildman–Crippen MR) is 113 cm³/mol. The van der Waals surface area contributed by atoms with Crippen molar-refractivity contribution in [2.45, 2.75) is 72.4 Å². The summed E-state index contributed by atoms with van der Waals surface area (Å²) in [7, 11) is 0. The van der Waals surface area contributed by atoms with E-state index in [9.17, 15) is 14.4 Å². The van der Waals surface area contributed by atoms with Crippen molar-refractivity contribution in [3.63, 3.8) is 0 Å². The van der Waals surface area contributed by atoms with Crippen molar-refractivity contribution < 1.29 is 4.79 Å². The van der Waals surface area contributed by atoms with Crippen LogP contribution in [0.4, 0.5) is 5.69 Å². The molecule has 28 heavy (non-hydrogen) atoms. The van der Waals surface area contributed by atoms with Gasteiger partial charge in [0, 0.05) is 32.2 Å². The number of anilines is 1. The van der Waals surface area contributed by atoms with Crippen LogP contribution in [0.5, 0.6) is 0 Å². The minimum Gasteiger partial charge on any atom is -0.313 e. The van der Waals surface area contributed by atoms with Crippen LogP contribution in [0.3, 0.4) is 0 Å². The zero-order chi connectivity index (χ0) is 20.3. The lowest BCUT2D eigenvalue weighted by Crippen LogP contribution is -2.40. The lowest BCUT2D eigenvalue weighted by atomic mass is 9.87. The smallest absolute Gasteiger partial charge is 0.313 e. The number of carbonyl (C=O) groups excluding carboxylic acids is 1. The molecule has 0 bridgehead atoms. The van der Waals surface area contributed by atoms with Crippen molar-refractivity contribution in [1.82, 2.24) is 9.13 Å². The molecule has 0 unspecified atom stereocenters. The normalized spacial score (nSPS) is 15.1. The maximum absolute atomic E-state index is 13.2. The third kappa shape index (κ3) is 3.91. The van der Waals surface area contributed by atoms with Gasteiger partial charge >= 0.3 is 5.69 Å². The van der Waals surface area contributed by atoms with Crippen LogP contribution in [-0.4, -0.2) is 21.6 Å². The summed E-state index contributed by atoms with van der Waals surface area (Å²) in [6, 6.07) is 5.35. The van der Waals surface area contributed by atoms with Crippen LogP contribution in [0.25, 0.3) is 10.9 Å². The fraction of sp³-hybridized carbons (Fsp3) is 0.591. The second-order valence-electron chi connectivity index (χ2n) is 7.74. The van der Waals surface area contributed by atoms with Crippen molar-refractivity contribution in [1.29, 1.82) is 0 Å². The van der Waals surface area contributed by atoms with Gasteiger partial charge in [0.05, 0.1) is 10.9 Å². The highest BCUT2D eigenvalue weighted by Gasteiger charge is 2.18. The average molecular weight is 386 g/mol. The molecule has 1 aliphatic rings. The number of amides is 1. The van der Waals surface area contributed by atoms with Crippen LogP contribution in [0.2, 0.25) is 0 Å². The molecule has 1 aromatic carbocycles. The first kappa shape index (κ1) is 20.4. The Labute approximate surface area is 165 Å². The summed E-state index contributed by atoms with van der Waals surface area (Å²) in [6.07, 6.45) is 7.05. The lowest BCUT2D eigenvalue weighted by Gasteiger charge is -2.22. The van der Waals surface area contributed by atoms with Gasteiger partial charge in [-0.15, -0.1) is 0 Å². The van der Waals surface area contributed by atoms with E-state index in [2.05, 4.69) is 0 Å². The minimum absolute atomic E-state index is 0.0664. The van der Waals surface area contributed by atoms with E-state index < -0.39 is 0 Å². The standard InChI is InChI=1S/C22H31N3O3/c1-4-23(16(3)26)18-11-12-20-19(15-18)21(27)25(22(28)24(20)5-2)14-13-17-9-7-6-8-10-17/h11-12,15,17H,4-10,13-14H2,1-3H3. The van der Waals surface area contributed by atoms with Crippen LogP contribution in [-0.2, 0) is 17.9 Å². The Balaban J connectivity index is 2.06. The van der Waals surface area contributed by atoms with E-state index >= 15 is 0 Å². The van der Waals surface area contributed by atoms with E-state index in [1.807, 2.05) is 19.9 Å². The van der Waals surface area contributed by atoms with E-state index in [1.54, 1.807) is 21.6 Å². The summed E-state index contributed by atoms with van der Waals surface area (Å²) in [4.78, 5) is 39.7. The summed E-state index contributed by atoms with van der Waals surface area (Å²) < 4.78 is 3.06. The summed E-state index contributed by atoms with van der Waals surface area (Å²) in [5, 5.41) is 0.502. The van der Waals surface area contributed by atoms with Crippen molar-refractivity contribution in [3.8, 4) is 0 Å². The summed E-state index contributed by atoms with van der Waals surface area (Å²) >= 11 is 0. The third-order valence-corrected chi connectivity index (χ3v) is 6.02. The maximum atomic E-state index is 13.2. The molecule has 2 aromatic rings. The Morgan fingerprint density at radius 1 is 1.11 bits per heavy atom. The van der Waals surface area contributed by atoms with Crippen molar-refractivity contribution >= 4 is 22.5 Å². The van der Waals surface area contributed by atoms with Crippen LogP contribution in [0.15, 0.2) is 27.8 Å². The molecule has 0 spiro atoms.